The number of nitro benzene ring substituents is 1. The van der Waals surface area contributed by atoms with E-state index in [0.717, 1.165) is 0 Å². The van der Waals surface area contributed by atoms with Crippen LogP contribution in [0.15, 0.2) is 24.3 Å². The van der Waals surface area contributed by atoms with Gasteiger partial charge in [-0.25, -0.2) is 0 Å². The number of likely N-dealkylation sites (tertiary alicyclic amines) is 1. The zero-order chi connectivity index (χ0) is 24.1. The smallest absolute Gasteiger partial charge is 0.316 e. The summed E-state index contributed by atoms with van der Waals surface area (Å²) in [5.74, 6) is -2.19. The summed E-state index contributed by atoms with van der Waals surface area (Å²) < 4.78 is 11.5. The van der Waals surface area contributed by atoms with E-state index in [2.05, 4.69) is 33.9 Å². The molecule has 32 heavy (non-hydrogen) atoms. The minimum atomic E-state index is -2.05. The first kappa shape index (κ1) is 25.7. The van der Waals surface area contributed by atoms with Crippen molar-refractivity contribution in [1.29, 1.82) is 0 Å². The lowest BCUT2D eigenvalue weighted by Gasteiger charge is -2.36. The molecule has 2 rings (SSSR count). The molecule has 1 aliphatic heterocycles. The van der Waals surface area contributed by atoms with E-state index in [0.29, 0.717) is 18.5 Å². The molecule has 0 saturated carbocycles. The summed E-state index contributed by atoms with van der Waals surface area (Å²) in [6, 6.07) is 5.66. The number of nitrogens with zero attached hydrogens (tertiary/aromatic N) is 2. The van der Waals surface area contributed by atoms with Crippen molar-refractivity contribution in [2.24, 2.45) is 5.92 Å². The Labute approximate surface area is 189 Å². The van der Waals surface area contributed by atoms with Crippen molar-refractivity contribution >= 4 is 31.7 Å². The maximum absolute atomic E-state index is 12.8. The quantitative estimate of drug-likeness (QED) is 0.123. The Morgan fingerprint density at radius 2 is 1.84 bits per heavy atom. The molecule has 0 spiro atoms. The Morgan fingerprint density at radius 1 is 1.22 bits per heavy atom. The highest BCUT2D eigenvalue weighted by atomic mass is 28.4. The molecule has 1 aromatic rings. The van der Waals surface area contributed by atoms with Gasteiger partial charge in [-0.2, -0.15) is 0 Å². The molecule has 1 saturated heterocycles. The van der Waals surface area contributed by atoms with E-state index in [9.17, 15) is 24.5 Å². The molecule has 0 radical (unpaired) electrons. The number of amides is 1. The normalized spacial score (nSPS) is 15.2. The van der Waals surface area contributed by atoms with E-state index in [1.54, 1.807) is 0 Å². The number of Topliss-reactive ketones (excluding diaryl/α,β-unsaturated/α-hetero) is 1. The van der Waals surface area contributed by atoms with E-state index in [4.69, 9.17) is 9.16 Å². The topological polar surface area (TPSA) is 116 Å². The van der Waals surface area contributed by atoms with Gasteiger partial charge in [0.1, 0.15) is 12.5 Å². The molecule has 0 aliphatic carbocycles. The second kappa shape index (κ2) is 10.3. The van der Waals surface area contributed by atoms with Crippen LogP contribution >= 0.6 is 0 Å². The first-order chi connectivity index (χ1) is 14.8. The first-order valence-electron chi connectivity index (χ1n) is 10.7. The van der Waals surface area contributed by atoms with Crippen molar-refractivity contribution in [3.8, 4) is 0 Å². The van der Waals surface area contributed by atoms with Crippen LogP contribution in [-0.2, 0) is 30.2 Å². The van der Waals surface area contributed by atoms with Crippen molar-refractivity contribution in [3.05, 3.63) is 39.9 Å². The van der Waals surface area contributed by atoms with Gasteiger partial charge in [0.15, 0.2) is 14.1 Å². The number of nitro groups is 1. The number of benzene rings is 1. The third-order valence-electron chi connectivity index (χ3n) is 6.17. The monoisotopic (exact) mass is 464 g/mol. The summed E-state index contributed by atoms with van der Waals surface area (Å²) in [6.45, 7) is 11.0. The Kier molecular flexibility index (Phi) is 8.30. The molecule has 9 nitrogen and oxygen atoms in total. The highest BCUT2D eigenvalue weighted by Gasteiger charge is 2.38. The standard InChI is InChI=1S/C22H32N2O7Si/c1-22(2,3)32(4,5)31-13-11-18(19(25)14-23-12-10-20(23)26)21(27)30-15-16-6-8-17(9-7-16)24(28)29/h6-9,18H,10-15H2,1-5H3/t18-/m1/s1. The number of esters is 1. The minimum absolute atomic E-state index is 0.00696. The zero-order valence-electron chi connectivity index (χ0n) is 19.4. The fourth-order valence-electron chi connectivity index (χ4n) is 2.85. The van der Waals surface area contributed by atoms with Crippen LogP contribution in [0.2, 0.25) is 18.1 Å². The van der Waals surface area contributed by atoms with Crippen LogP contribution in [0.3, 0.4) is 0 Å². The van der Waals surface area contributed by atoms with Gasteiger partial charge in [-0.05, 0) is 42.2 Å². The lowest BCUT2D eigenvalue weighted by Crippen LogP contribution is -2.48. The summed E-state index contributed by atoms with van der Waals surface area (Å²) in [6.07, 6.45) is 0.587. The van der Waals surface area contributed by atoms with Gasteiger partial charge in [-0.3, -0.25) is 24.5 Å². The number of rotatable bonds is 11. The van der Waals surface area contributed by atoms with Gasteiger partial charge in [0.2, 0.25) is 5.91 Å². The fourth-order valence-corrected chi connectivity index (χ4v) is 3.92. The number of β-lactam (4-membered cyclic amide) rings is 1. The molecule has 0 unspecified atom stereocenters. The van der Waals surface area contributed by atoms with Crippen molar-refractivity contribution in [1.82, 2.24) is 4.90 Å². The second-order valence-electron chi connectivity index (χ2n) is 9.51. The van der Waals surface area contributed by atoms with Gasteiger partial charge in [0.25, 0.3) is 5.69 Å². The Hall–Kier alpha value is -2.59. The predicted molar refractivity (Wildman–Crippen MR) is 120 cm³/mol. The number of carbonyl (C=O) groups excluding carboxylic acids is 3. The third kappa shape index (κ3) is 6.70. The van der Waals surface area contributed by atoms with Crippen molar-refractivity contribution < 1.29 is 28.5 Å². The molecule has 0 aromatic heterocycles. The van der Waals surface area contributed by atoms with Gasteiger partial charge in [-0.1, -0.05) is 20.8 Å². The molecule has 0 bridgehead atoms. The van der Waals surface area contributed by atoms with Crippen LogP contribution in [0, 0.1) is 16.0 Å². The number of hydrogen-bond donors (Lipinski definition) is 0. The van der Waals surface area contributed by atoms with E-state index in [1.807, 2.05) is 0 Å². The molecule has 1 aliphatic rings. The van der Waals surface area contributed by atoms with Crippen LogP contribution in [-0.4, -0.2) is 55.5 Å². The van der Waals surface area contributed by atoms with Crippen LogP contribution in [0.25, 0.3) is 0 Å². The minimum Gasteiger partial charge on any atom is -0.460 e. The molecular weight excluding hydrogens is 432 g/mol. The van der Waals surface area contributed by atoms with E-state index in [1.165, 1.54) is 29.2 Å². The van der Waals surface area contributed by atoms with Crippen LogP contribution < -0.4 is 0 Å². The lowest BCUT2D eigenvalue weighted by molar-refractivity contribution is -0.384. The average Bonchev–Trinajstić information content (AvgIpc) is 2.71. The van der Waals surface area contributed by atoms with Gasteiger partial charge in [-0.15, -0.1) is 0 Å². The van der Waals surface area contributed by atoms with Crippen LogP contribution in [0.4, 0.5) is 5.69 Å². The Bertz CT molecular complexity index is 862. The largest absolute Gasteiger partial charge is 0.460 e. The molecule has 10 heteroatoms. The van der Waals surface area contributed by atoms with Crippen molar-refractivity contribution in [2.45, 2.75) is 58.4 Å². The number of ether oxygens (including phenoxy) is 1. The molecule has 1 fully saturated rings. The summed E-state index contributed by atoms with van der Waals surface area (Å²) in [5.41, 5.74) is 0.515. The summed E-state index contributed by atoms with van der Waals surface area (Å²) in [5, 5.41) is 10.8. The van der Waals surface area contributed by atoms with Crippen molar-refractivity contribution in [3.63, 3.8) is 0 Å². The van der Waals surface area contributed by atoms with E-state index < -0.39 is 25.1 Å². The molecule has 176 valence electrons. The Balaban J connectivity index is 2.01. The number of hydrogen-bond acceptors (Lipinski definition) is 7. The molecular formula is C22H32N2O7Si. The van der Waals surface area contributed by atoms with Gasteiger partial charge in [0.05, 0.1) is 11.5 Å². The SMILES string of the molecule is CC(C)(C)[Si](C)(C)OCC[C@H](C(=O)CN1CCC1=O)C(=O)OCc1ccc([N+](=O)[O-])cc1. The molecule has 1 atom stereocenters. The summed E-state index contributed by atoms with van der Waals surface area (Å²) in [4.78, 5) is 48.8. The van der Waals surface area contributed by atoms with Crippen molar-refractivity contribution in [2.75, 3.05) is 19.7 Å². The Morgan fingerprint density at radius 3 is 2.31 bits per heavy atom. The number of ketones is 1. The maximum atomic E-state index is 12.8. The summed E-state index contributed by atoms with van der Waals surface area (Å²) >= 11 is 0. The second-order valence-corrected chi connectivity index (χ2v) is 14.3. The van der Waals surface area contributed by atoms with E-state index in [-0.39, 0.29) is 48.6 Å². The number of carbonyl (C=O) groups is 3. The van der Waals surface area contributed by atoms with Gasteiger partial charge in [0, 0.05) is 31.7 Å². The van der Waals surface area contributed by atoms with Gasteiger partial charge >= 0.3 is 5.97 Å². The fraction of sp³-hybridized carbons (Fsp3) is 0.591. The average molecular weight is 465 g/mol. The molecule has 0 N–H and O–H groups in total. The molecule has 1 heterocycles. The summed E-state index contributed by atoms with van der Waals surface area (Å²) in [7, 11) is -2.05. The first-order valence-corrected chi connectivity index (χ1v) is 13.6. The molecule has 1 aromatic carbocycles. The molecule has 1 amide bonds. The lowest BCUT2D eigenvalue weighted by atomic mass is 9.99. The zero-order valence-corrected chi connectivity index (χ0v) is 20.4. The van der Waals surface area contributed by atoms with Crippen LogP contribution in [0.5, 0.6) is 0 Å². The predicted octanol–water partition coefficient (Wildman–Crippen LogP) is 3.47. The van der Waals surface area contributed by atoms with Crippen LogP contribution in [0.1, 0.15) is 39.2 Å². The highest BCUT2D eigenvalue weighted by molar-refractivity contribution is 6.74. The third-order valence-corrected chi connectivity index (χ3v) is 10.7. The van der Waals surface area contributed by atoms with Gasteiger partial charge < -0.3 is 14.1 Å². The highest BCUT2D eigenvalue weighted by Crippen LogP contribution is 2.36. The maximum Gasteiger partial charge on any atom is 0.316 e. The number of non-ortho nitro benzene ring substituents is 1. The van der Waals surface area contributed by atoms with E-state index >= 15 is 0 Å².